The Morgan fingerprint density at radius 1 is 1.60 bits per heavy atom. The molecule has 0 aliphatic rings. The average molecular weight is 211 g/mol. The Balaban J connectivity index is 2.43. The smallest absolute Gasteiger partial charge is 0.0827 e. The minimum absolute atomic E-state index is 0.0870. The average Bonchev–Trinajstić information content (AvgIpc) is 2.71. The first-order chi connectivity index (χ1) is 7.27. The fraction of sp³-hybridized carbons (Fsp3) is 0.727. The standard InChI is InChI=1S/C11H21N3O/c1-3-4-6-14-9-11(8-13-14)10(2)15-7-5-12/h8-10H,3-7,12H2,1-2H3/t10-/m0/s1. The van der Waals surface area contributed by atoms with Gasteiger partial charge in [-0.3, -0.25) is 4.68 Å². The van der Waals surface area contributed by atoms with Crippen LogP contribution >= 0.6 is 0 Å². The van der Waals surface area contributed by atoms with Crippen LogP contribution in [0.15, 0.2) is 12.4 Å². The highest BCUT2D eigenvalue weighted by molar-refractivity contribution is 5.07. The molecule has 0 bridgehead atoms. The van der Waals surface area contributed by atoms with E-state index >= 15 is 0 Å². The Labute approximate surface area is 91.4 Å². The van der Waals surface area contributed by atoms with Gasteiger partial charge in [-0.05, 0) is 13.3 Å². The summed E-state index contributed by atoms with van der Waals surface area (Å²) in [5.74, 6) is 0. The molecule has 0 aliphatic carbocycles. The number of aromatic nitrogens is 2. The number of hydrogen-bond acceptors (Lipinski definition) is 3. The van der Waals surface area contributed by atoms with Crippen LogP contribution in [0.3, 0.4) is 0 Å². The van der Waals surface area contributed by atoms with Gasteiger partial charge >= 0.3 is 0 Å². The molecule has 0 saturated heterocycles. The molecule has 0 aliphatic heterocycles. The molecule has 86 valence electrons. The Morgan fingerprint density at radius 2 is 2.40 bits per heavy atom. The van der Waals surface area contributed by atoms with Crippen molar-refractivity contribution in [2.45, 2.75) is 39.3 Å². The number of nitrogens with zero attached hydrogens (tertiary/aromatic N) is 2. The number of hydrogen-bond donors (Lipinski definition) is 1. The summed E-state index contributed by atoms with van der Waals surface area (Å²) in [5, 5.41) is 4.29. The lowest BCUT2D eigenvalue weighted by Gasteiger charge is -2.09. The van der Waals surface area contributed by atoms with Gasteiger partial charge in [0.25, 0.3) is 0 Å². The van der Waals surface area contributed by atoms with Crippen molar-refractivity contribution in [3.05, 3.63) is 18.0 Å². The summed E-state index contributed by atoms with van der Waals surface area (Å²) in [6.45, 7) is 6.35. The first-order valence-corrected chi connectivity index (χ1v) is 5.62. The zero-order valence-electron chi connectivity index (χ0n) is 9.65. The predicted molar refractivity (Wildman–Crippen MR) is 60.6 cm³/mol. The van der Waals surface area contributed by atoms with Gasteiger partial charge in [0.05, 0.1) is 18.9 Å². The van der Waals surface area contributed by atoms with Gasteiger partial charge in [0.15, 0.2) is 0 Å². The van der Waals surface area contributed by atoms with Crippen LogP contribution in [0.25, 0.3) is 0 Å². The summed E-state index contributed by atoms with van der Waals surface area (Å²) in [7, 11) is 0. The van der Waals surface area contributed by atoms with Gasteiger partial charge in [0, 0.05) is 24.8 Å². The Morgan fingerprint density at radius 3 is 3.07 bits per heavy atom. The van der Waals surface area contributed by atoms with Crippen LogP contribution in [0, 0.1) is 0 Å². The molecule has 2 N–H and O–H groups in total. The zero-order valence-corrected chi connectivity index (χ0v) is 9.65. The second-order valence-electron chi connectivity index (χ2n) is 3.69. The Kier molecular flexibility index (Phi) is 5.36. The third-order valence-corrected chi connectivity index (χ3v) is 2.35. The summed E-state index contributed by atoms with van der Waals surface area (Å²) in [4.78, 5) is 0. The number of aryl methyl sites for hydroxylation is 1. The summed E-state index contributed by atoms with van der Waals surface area (Å²) >= 11 is 0. The third kappa shape index (κ3) is 4.01. The molecule has 1 rings (SSSR count). The molecule has 0 spiro atoms. The molecule has 0 radical (unpaired) electrons. The SMILES string of the molecule is CCCCn1cc([C@H](C)OCCN)cn1. The molecule has 0 amide bonds. The highest BCUT2D eigenvalue weighted by atomic mass is 16.5. The molecule has 0 aromatic carbocycles. The van der Waals surface area contributed by atoms with E-state index in [-0.39, 0.29) is 6.10 Å². The third-order valence-electron chi connectivity index (χ3n) is 2.35. The lowest BCUT2D eigenvalue weighted by Crippen LogP contribution is -2.10. The lowest BCUT2D eigenvalue weighted by atomic mass is 10.2. The topological polar surface area (TPSA) is 53.1 Å². The lowest BCUT2D eigenvalue weighted by molar-refractivity contribution is 0.0717. The van der Waals surface area contributed by atoms with E-state index in [0.717, 1.165) is 12.1 Å². The molecular weight excluding hydrogens is 190 g/mol. The number of rotatable bonds is 7. The summed E-state index contributed by atoms with van der Waals surface area (Å²) in [5.41, 5.74) is 6.50. The van der Waals surface area contributed by atoms with Crippen LogP contribution in [-0.4, -0.2) is 22.9 Å². The van der Waals surface area contributed by atoms with Crippen LogP contribution in [0.5, 0.6) is 0 Å². The van der Waals surface area contributed by atoms with Crippen molar-refractivity contribution in [1.82, 2.24) is 9.78 Å². The first-order valence-electron chi connectivity index (χ1n) is 5.62. The quantitative estimate of drug-likeness (QED) is 0.747. The maximum atomic E-state index is 5.52. The normalized spacial score (nSPS) is 13.0. The summed E-state index contributed by atoms with van der Waals surface area (Å²) < 4.78 is 7.49. The number of nitrogens with two attached hydrogens (primary N) is 1. The molecule has 0 unspecified atom stereocenters. The van der Waals surface area contributed by atoms with Gasteiger partial charge in [-0.1, -0.05) is 13.3 Å². The van der Waals surface area contributed by atoms with Crippen molar-refractivity contribution < 1.29 is 4.74 Å². The van der Waals surface area contributed by atoms with Gasteiger partial charge in [-0.15, -0.1) is 0 Å². The van der Waals surface area contributed by atoms with Crippen molar-refractivity contribution >= 4 is 0 Å². The van der Waals surface area contributed by atoms with Gasteiger partial charge in [-0.2, -0.15) is 5.10 Å². The molecule has 0 saturated carbocycles. The Hall–Kier alpha value is -0.870. The molecule has 15 heavy (non-hydrogen) atoms. The fourth-order valence-electron chi connectivity index (χ4n) is 1.37. The van der Waals surface area contributed by atoms with Gasteiger partial charge in [0.2, 0.25) is 0 Å². The molecule has 4 nitrogen and oxygen atoms in total. The minimum Gasteiger partial charge on any atom is -0.372 e. The van der Waals surface area contributed by atoms with Crippen molar-refractivity contribution in [2.75, 3.05) is 13.2 Å². The van der Waals surface area contributed by atoms with E-state index in [1.807, 2.05) is 17.8 Å². The molecular formula is C11H21N3O. The van der Waals surface area contributed by atoms with Crippen molar-refractivity contribution in [3.63, 3.8) is 0 Å². The molecule has 0 fully saturated rings. The van der Waals surface area contributed by atoms with E-state index in [1.165, 1.54) is 12.8 Å². The fourth-order valence-corrected chi connectivity index (χ4v) is 1.37. The van der Waals surface area contributed by atoms with Gasteiger partial charge in [0.1, 0.15) is 0 Å². The van der Waals surface area contributed by atoms with Crippen LogP contribution in [0.4, 0.5) is 0 Å². The highest BCUT2D eigenvalue weighted by Crippen LogP contribution is 2.15. The van der Waals surface area contributed by atoms with Crippen molar-refractivity contribution in [3.8, 4) is 0 Å². The van der Waals surface area contributed by atoms with Crippen LogP contribution < -0.4 is 5.73 Å². The van der Waals surface area contributed by atoms with Crippen molar-refractivity contribution in [1.29, 1.82) is 0 Å². The molecule has 1 heterocycles. The highest BCUT2D eigenvalue weighted by Gasteiger charge is 2.07. The second-order valence-corrected chi connectivity index (χ2v) is 3.69. The van der Waals surface area contributed by atoms with E-state index in [0.29, 0.717) is 13.2 Å². The maximum absolute atomic E-state index is 5.52. The Bertz CT molecular complexity index is 273. The molecule has 1 aromatic rings. The molecule has 1 atom stereocenters. The van der Waals surface area contributed by atoms with Crippen LogP contribution in [0.2, 0.25) is 0 Å². The summed E-state index contributed by atoms with van der Waals surface area (Å²) in [6, 6.07) is 0. The second kappa shape index (κ2) is 6.58. The minimum atomic E-state index is 0.0870. The first kappa shape index (κ1) is 12.2. The summed E-state index contributed by atoms with van der Waals surface area (Å²) in [6.07, 6.45) is 6.37. The van der Waals surface area contributed by atoms with E-state index < -0.39 is 0 Å². The van der Waals surface area contributed by atoms with E-state index in [4.69, 9.17) is 10.5 Å². The number of unbranched alkanes of at least 4 members (excludes halogenated alkanes) is 1. The molecule has 4 heteroatoms. The predicted octanol–water partition coefficient (Wildman–Crippen LogP) is 1.72. The maximum Gasteiger partial charge on any atom is 0.0827 e. The largest absolute Gasteiger partial charge is 0.372 e. The van der Waals surface area contributed by atoms with Gasteiger partial charge in [-0.25, -0.2) is 0 Å². The van der Waals surface area contributed by atoms with Crippen LogP contribution in [-0.2, 0) is 11.3 Å². The zero-order chi connectivity index (χ0) is 11.1. The molecule has 1 aromatic heterocycles. The monoisotopic (exact) mass is 211 g/mol. The van der Waals surface area contributed by atoms with Gasteiger partial charge < -0.3 is 10.5 Å². The van der Waals surface area contributed by atoms with E-state index in [2.05, 4.69) is 18.2 Å². The van der Waals surface area contributed by atoms with Crippen molar-refractivity contribution in [2.24, 2.45) is 5.73 Å². The van der Waals surface area contributed by atoms with E-state index in [1.54, 1.807) is 0 Å². The number of ether oxygens (including phenoxy) is 1. The van der Waals surface area contributed by atoms with Crippen LogP contribution in [0.1, 0.15) is 38.4 Å². The van der Waals surface area contributed by atoms with E-state index in [9.17, 15) is 0 Å².